The molecular formula is C26H31N5OS. The van der Waals surface area contributed by atoms with E-state index in [2.05, 4.69) is 28.0 Å². The first-order valence-electron chi connectivity index (χ1n) is 11.6. The van der Waals surface area contributed by atoms with Gasteiger partial charge in [0.1, 0.15) is 0 Å². The minimum Gasteiger partial charge on any atom is -0.322 e. The van der Waals surface area contributed by atoms with Crippen LogP contribution in [0.3, 0.4) is 0 Å². The molecule has 0 saturated heterocycles. The molecule has 33 heavy (non-hydrogen) atoms. The van der Waals surface area contributed by atoms with E-state index in [9.17, 15) is 4.79 Å². The summed E-state index contributed by atoms with van der Waals surface area (Å²) in [4.78, 5) is 17.7. The zero-order valence-corrected chi connectivity index (χ0v) is 20.4. The van der Waals surface area contributed by atoms with E-state index >= 15 is 0 Å². The van der Waals surface area contributed by atoms with Crippen LogP contribution in [0.25, 0.3) is 16.7 Å². The zero-order valence-electron chi connectivity index (χ0n) is 19.5. The molecule has 0 saturated carbocycles. The lowest BCUT2D eigenvalue weighted by molar-refractivity contribution is -0.113. The van der Waals surface area contributed by atoms with E-state index < -0.39 is 0 Å². The SMILES string of the molecule is CCCCCCn1c(SCC(=O)Nc2c(C)nn(-c3ccccc3)c2C)nc2ccccc21. The number of anilines is 1. The molecule has 0 fully saturated rings. The Morgan fingerprint density at radius 1 is 1.00 bits per heavy atom. The van der Waals surface area contributed by atoms with Crippen LogP contribution < -0.4 is 5.32 Å². The van der Waals surface area contributed by atoms with Gasteiger partial charge in [-0.2, -0.15) is 5.10 Å². The van der Waals surface area contributed by atoms with E-state index in [1.807, 2.05) is 67.1 Å². The van der Waals surface area contributed by atoms with E-state index in [1.54, 1.807) is 0 Å². The average molecular weight is 462 g/mol. The van der Waals surface area contributed by atoms with Gasteiger partial charge in [-0.05, 0) is 44.5 Å². The summed E-state index contributed by atoms with van der Waals surface area (Å²) < 4.78 is 4.13. The molecule has 4 aromatic rings. The summed E-state index contributed by atoms with van der Waals surface area (Å²) in [6.45, 7) is 7.04. The summed E-state index contributed by atoms with van der Waals surface area (Å²) in [5, 5.41) is 8.59. The second kappa shape index (κ2) is 10.7. The predicted octanol–water partition coefficient (Wildman–Crippen LogP) is 6.15. The molecule has 0 aliphatic rings. The highest BCUT2D eigenvalue weighted by atomic mass is 32.2. The molecule has 2 aromatic carbocycles. The number of amides is 1. The number of aryl methyl sites for hydroxylation is 2. The average Bonchev–Trinajstić information content (AvgIpc) is 3.33. The molecule has 172 valence electrons. The van der Waals surface area contributed by atoms with Crippen LogP contribution in [0.5, 0.6) is 0 Å². The van der Waals surface area contributed by atoms with E-state index in [1.165, 1.54) is 31.0 Å². The highest BCUT2D eigenvalue weighted by Gasteiger charge is 2.17. The maximum atomic E-state index is 12.9. The van der Waals surface area contributed by atoms with Gasteiger partial charge in [-0.25, -0.2) is 9.67 Å². The van der Waals surface area contributed by atoms with Crippen molar-refractivity contribution in [3.8, 4) is 5.69 Å². The van der Waals surface area contributed by atoms with Crippen molar-refractivity contribution < 1.29 is 4.79 Å². The van der Waals surface area contributed by atoms with Gasteiger partial charge in [0.15, 0.2) is 5.16 Å². The van der Waals surface area contributed by atoms with Crippen LogP contribution in [0.2, 0.25) is 0 Å². The van der Waals surface area contributed by atoms with Gasteiger partial charge in [0, 0.05) is 6.54 Å². The smallest absolute Gasteiger partial charge is 0.234 e. The first-order chi connectivity index (χ1) is 16.1. The normalized spacial score (nSPS) is 11.2. The molecule has 0 bridgehead atoms. The molecule has 0 radical (unpaired) electrons. The number of hydrogen-bond acceptors (Lipinski definition) is 4. The van der Waals surface area contributed by atoms with E-state index in [0.717, 1.165) is 51.9 Å². The molecular weight excluding hydrogens is 430 g/mol. The van der Waals surface area contributed by atoms with Gasteiger partial charge in [0.05, 0.1) is 39.5 Å². The number of imidazole rings is 1. The van der Waals surface area contributed by atoms with Gasteiger partial charge in [-0.3, -0.25) is 4.79 Å². The van der Waals surface area contributed by atoms with E-state index in [-0.39, 0.29) is 5.91 Å². The van der Waals surface area contributed by atoms with Crippen molar-refractivity contribution in [2.24, 2.45) is 0 Å². The first-order valence-corrected chi connectivity index (χ1v) is 12.6. The molecule has 2 aromatic heterocycles. The number of nitrogens with one attached hydrogen (secondary N) is 1. The number of hydrogen-bond donors (Lipinski definition) is 1. The summed E-state index contributed by atoms with van der Waals surface area (Å²) in [6, 6.07) is 18.1. The third-order valence-electron chi connectivity index (χ3n) is 5.74. The molecule has 0 spiro atoms. The fourth-order valence-corrected chi connectivity index (χ4v) is 4.87. The summed E-state index contributed by atoms with van der Waals surface area (Å²) in [5.74, 6) is 0.247. The van der Waals surface area contributed by atoms with Gasteiger partial charge in [0.2, 0.25) is 5.91 Å². The van der Waals surface area contributed by atoms with Crippen molar-refractivity contribution in [3.63, 3.8) is 0 Å². The van der Waals surface area contributed by atoms with E-state index in [0.29, 0.717) is 5.75 Å². The molecule has 0 atom stereocenters. The summed E-state index contributed by atoms with van der Waals surface area (Å²) >= 11 is 1.49. The Bertz CT molecular complexity index is 1230. The lowest BCUT2D eigenvalue weighted by atomic mass is 10.2. The molecule has 0 aliphatic carbocycles. The number of nitrogens with zero attached hydrogens (tertiary/aromatic N) is 4. The monoisotopic (exact) mass is 461 g/mol. The highest BCUT2D eigenvalue weighted by molar-refractivity contribution is 7.99. The number of para-hydroxylation sites is 3. The lowest BCUT2D eigenvalue weighted by Crippen LogP contribution is -2.16. The third kappa shape index (κ3) is 5.30. The van der Waals surface area contributed by atoms with Gasteiger partial charge in [-0.1, -0.05) is 68.3 Å². The maximum absolute atomic E-state index is 12.9. The number of benzene rings is 2. The number of unbranched alkanes of at least 4 members (excludes halogenated alkanes) is 3. The quantitative estimate of drug-likeness (QED) is 0.227. The summed E-state index contributed by atoms with van der Waals surface area (Å²) in [6.07, 6.45) is 4.78. The molecule has 7 heteroatoms. The molecule has 6 nitrogen and oxygen atoms in total. The standard InChI is InChI=1S/C26H31N5OS/c1-4-5-6-12-17-30-23-16-11-10-15-22(23)27-26(30)33-18-24(32)28-25-19(2)29-31(20(25)3)21-13-8-7-9-14-21/h7-11,13-16H,4-6,12,17-18H2,1-3H3,(H,28,32). The number of carbonyl (C=O) groups is 1. The van der Waals surface area contributed by atoms with Gasteiger partial charge >= 0.3 is 0 Å². The summed E-state index contributed by atoms with van der Waals surface area (Å²) in [5.41, 5.74) is 5.58. The highest BCUT2D eigenvalue weighted by Crippen LogP contribution is 2.26. The second-order valence-electron chi connectivity index (χ2n) is 8.23. The molecule has 0 unspecified atom stereocenters. The third-order valence-corrected chi connectivity index (χ3v) is 6.72. The van der Waals surface area contributed by atoms with Crippen LogP contribution >= 0.6 is 11.8 Å². The van der Waals surface area contributed by atoms with Gasteiger partial charge in [-0.15, -0.1) is 0 Å². The lowest BCUT2D eigenvalue weighted by Gasteiger charge is -2.09. The van der Waals surface area contributed by atoms with Crippen molar-refractivity contribution >= 4 is 34.4 Å². The number of thioether (sulfide) groups is 1. The number of fused-ring (bicyclic) bond motifs is 1. The second-order valence-corrected chi connectivity index (χ2v) is 9.17. The summed E-state index contributed by atoms with van der Waals surface area (Å²) in [7, 11) is 0. The van der Waals surface area contributed by atoms with Crippen molar-refractivity contribution in [2.75, 3.05) is 11.1 Å². The zero-order chi connectivity index (χ0) is 23.2. The Morgan fingerprint density at radius 2 is 1.76 bits per heavy atom. The van der Waals surface area contributed by atoms with Crippen molar-refractivity contribution in [1.29, 1.82) is 0 Å². The Labute approximate surface area is 199 Å². The molecule has 0 aliphatic heterocycles. The van der Waals surface area contributed by atoms with Crippen LogP contribution in [0.1, 0.15) is 44.0 Å². The fourth-order valence-electron chi connectivity index (χ4n) is 4.03. The Hall–Kier alpha value is -3.06. The first kappa shape index (κ1) is 23.1. The number of carbonyl (C=O) groups excluding carboxylic acids is 1. The number of rotatable bonds is 10. The molecule has 1 amide bonds. The maximum Gasteiger partial charge on any atom is 0.234 e. The topological polar surface area (TPSA) is 64.7 Å². The minimum atomic E-state index is -0.0524. The minimum absolute atomic E-state index is 0.0524. The largest absolute Gasteiger partial charge is 0.322 e. The van der Waals surface area contributed by atoms with Crippen molar-refractivity contribution in [3.05, 3.63) is 66.0 Å². The predicted molar refractivity (Wildman–Crippen MR) is 136 cm³/mol. The van der Waals surface area contributed by atoms with Crippen LogP contribution in [0.4, 0.5) is 5.69 Å². The van der Waals surface area contributed by atoms with Crippen LogP contribution in [0.15, 0.2) is 59.8 Å². The van der Waals surface area contributed by atoms with Crippen LogP contribution in [0, 0.1) is 13.8 Å². The Balaban J connectivity index is 1.46. The van der Waals surface area contributed by atoms with Gasteiger partial charge in [0.25, 0.3) is 0 Å². The van der Waals surface area contributed by atoms with Crippen LogP contribution in [-0.2, 0) is 11.3 Å². The molecule has 1 N–H and O–H groups in total. The van der Waals surface area contributed by atoms with Crippen molar-refractivity contribution in [1.82, 2.24) is 19.3 Å². The van der Waals surface area contributed by atoms with Crippen molar-refractivity contribution in [2.45, 2.75) is 58.2 Å². The molecule has 2 heterocycles. The van der Waals surface area contributed by atoms with Crippen LogP contribution in [-0.4, -0.2) is 31.0 Å². The molecule has 4 rings (SSSR count). The fraction of sp³-hybridized carbons (Fsp3) is 0.346. The van der Waals surface area contributed by atoms with Gasteiger partial charge < -0.3 is 9.88 Å². The van der Waals surface area contributed by atoms with E-state index in [4.69, 9.17) is 4.98 Å². The Kier molecular flexibility index (Phi) is 7.50. The number of aromatic nitrogens is 4. The Morgan fingerprint density at radius 3 is 2.55 bits per heavy atom.